The highest BCUT2D eigenvalue weighted by Crippen LogP contribution is 2.18. The van der Waals surface area contributed by atoms with Crippen LogP contribution >= 0.6 is 0 Å². The molecule has 9 heteroatoms. The van der Waals surface area contributed by atoms with Crippen molar-refractivity contribution in [2.75, 3.05) is 53.9 Å². The van der Waals surface area contributed by atoms with E-state index in [2.05, 4.69) is 0 Å². The molecule has 9 nitrogen and oxygen atoms in total. The number of esters is 3. The van der Waals surface area contributed by atoms with Gasteiger partial charge in [0.15, 0.2) is 0 Å². The average Bonchev–Trinajstić information content (AvgIpc) is 3.56. The van der Waals surface area contributed by atoms with Crippen LogP contribution in [0.15, 0.2) is 18.2 Å². The molecule has 1 atom stereocenters. The molecule has 0 spiro atoms. The molecule has 1 heterocycles. The number of methoxy groups -OCH3 is 2. The fourth-order valence-electron chi connectivity index (χ4n) is 2.33. The van der Waals surface area contributed by atoms with Gasteiger partial charge >= 0.3 is 17.9 Å². The van der Waals surface area contributed by atoms with E-state index in [0.717, 1.165) is 0 Å². The van der Waals surface area contributed by atoms with E-state index in [1.54, 1.807) is 14.2 Å². The summed E-state index contributed by atoms with van der Waals surface area (Å²) in [7, 11) is 3.10. The van der Waals surface area contributed by atoms with Crippen molar-refractivity contribution >= 4 is 17.9 Å². The lowest BCUT2D eigenvalue weighted by Crippen LogP contribution is -2.18. The van der Waals surface area contributed by atoms with Crippen LogP contribution in [0.25, 0.3) is 0 Å². The van der Waals surface area contributed by atoms with Crippen molar-refractivity contribution in [3.8, 4) is 0 Å². The van der Waals surface area contributed by atoms with E-state index in [4.69, 9.17) is 28.4 Å². The van der Waals surface area contributed by atoms with E-state index in [1.807, 2.05) is 0 Å². The van der Waals surface area contributed by atoms with Crippen LogP contribution in [0, 0.1) is 0 Å². The molecule has 0 bridgehead atoms. The molecule has 0 N–H and O–H groups in total. The van der Waals surface area contributed by atoms with Crippen molar-refractivity contribution < 1.29 is 42.8 Å². The molecule has 1 saturated heterocycles. The monoisotopic (exact) mass is 410 g/mol. The molecular formula is C20H26O9. The topological polar surface area (TPSA) is 110 Å². The Morgan fingerprint density at radius 3 is 2.03 bits per heavy atom. The van der Waals surface area contributed by atoms with Gasteiger partial charge in [0.2, 0.25) is 0 Å². The van der Waals surface area contributed by atoms with Crippen LogP contribution in [0.5, 0.6) is 0 Å². The number of hydrogen-bond donors (Lipinski definition) is 0. The van der Waals surface area contributed by atoms with Crippen LogP contribution in [0.2, 0.25) is 0 Å². The van der Waals surface area contributed by atoms with E-state index in [9.17, 15) is 14.4 Å². The summed E-state index contributed by atoms with van der Waals surface area (Å²) in [5.74, 6) is -2.03. The van der Waals surface area contributed by atoms with E-state index in [0.29, 0.717) is 32.7 Å². The number of ether oxygens (including phenoxy) is 6. The lowest BCUT2D eigenvalue weighted by molar-refractivity contribution is 0.0423. The van der Waals surface area contributed by atoms with Crippen LogP contribution in [0.3, 0.4) is 0 Å². The zero-order chi connectivity index (χ0) is 21.1. The maximum absolute atomic E-state index is 12.5. The van der Waals surface area contributed by atoms with Gasteiger partial charge in [-0.15, -0.1) is 0 Å². The highest BCUT2D eigenvalue weighted by molar-refractivity contribution is 6.05. The van der Waals surface area contributed by atoms with Crippen molar-refractivity contribution in [1.82, 2.24) is 0 Å². The molecule has 160 valence electrons. The van der Waals surface area contributed by atoms with Crippen LogP contribution < -0.4 is 0 Å². The predicted octanol–water partition coefficient (Wildman–Crippen LogP) is 1.63. The third-order valence-corrected chi connectivity index (χ3v) is 3.95. The Bertz CT molecular complexity index is 697. The molecule has 1 aromatic carbocycles. The van der Waals surface area contributed by atoms with Crippen molar-refractivity contribution in [2.45, 2.75) is 18.9 Å². The largest absolute Gasteiger partial charge is 0.462 e. The number of rotatable bonds is 13. The van der Waals surface area contributed by atoms with E-state index >= 15 is 0 Å². The van der Waals surface area contributed by atoms with Gasteiger partial charge in [-0.1, -0.05) is 0 Å². The summed E-state index contributed by atoms with van der Waals surface area (Å²) in [6, 6.07) is 4.04. The van der Waals surface area contributed by atoms with Crippen LogP contribution in [-0.2, 0) is 28.4 Å². The summed E-state index contributed by atoms with van der Waals surface area (Å²) < 4.78 is 30.3. The molecule has 1 aliphatic heterocycles. The summed E-state index contributed by atoms with van der Waals surface area (Å²) in [6.45, 7) is 1.82. The Morgan fingerprint density at radius 1 is 0.862 bits per heavy atom. The summed E-state index contributed by atoms with van der Waals surface area (Å²) in [6.07, 6.45) is 0.941. The number of epoxide rings is 1. The van der Waals surface area contributed by atoms with E-state index in [1.165, 1.54) is 18.2 Å². The molecule has 0 saturated carbocycles. The van der Waals surface area contributed by atoms with E-state index < -0.39 is 17.9 Å². The smallest absolute Gasteiger partial charge is 0.339 e. The molecular weight excluding hydrogens is 384 g/mol. The van der Waals surface area contributed by atoms with Gasteiger partial charge in [-0.05, 0) is 18.2 Å². The first-order valence-electron chi connectivity index (χ1n) is 9.31. The van der Waals surface area contributed by atoms with E-state index in [-0.39, 0.29) is 42.6 Å². The van der Waals surface area contributed by atoms with Crippen molar-refractivity contribution in [3.63, 3.8) is 0 Å². The second-order valence-corrected chi connectivity index (χ2v) is 6.28. The molecule has 0 aromatic heterocycles. The first-order valence-corrected chi connectivity index (χ1v) is 9.31. The molecule has 0 amide bonds. The Balaban J connectivity index is 2.10. The quantitative estimate of drug-likeness (QED) is 0.207. The van der Waals surface area contributed by atoms with Gasteiger partial charge in [0.1, 0.15) is 12.7 Å². The van der Waals surface area contributed by atoms with Crippen molar-refractivity contribution in [3.05, 3.63) is 34.9 Å². The Kier molecular flexibility index (Phi) is 9.55. The Hall–Kier alpha value is -2.49. The minimum Gasteiger partial charge on any atom is -0.462 e. The van der Waals surface area contributed by atoms with Crippen LogP contribution in [0.1, 0.15) is 43.9 Å². The fourth-order valence-corrected chi connectivity index (χ4v) is 2.33. The summed E-state index contributed by atoms with van der Waals surface area (Å²) in [5, 5.41) is 0. The predicted molar refractivity (Wildman–Crippen MR) is 100 cm³/mol. The standard InChI is InChI=1S/C20H26O9/c1-24-7-3-9-26-18(21)14-5-6-16(19(22)29-13-15-12-28-15)17(11-14)20(23)27-10-4-8-25-2/h5-6,11,15H,3-4,7-10,12-13H2,1-2H3. The lowest BCUT2D eigenvalue weighted by Gasteiger charge is -2.11. The van der Waals surface area contributed by atoms with Gasteiger partial charge in [-0.2, -0.15) is 0 Å². The SMILES string of the molecule is COCCCOC(=O)c1ccc(C(=O)OCC2CO2)c(C(=O)OCCCOC)c1. The third-order valence-electron chi connectivity index (χ3n) is 3.95. The van der Waals surface area contributed by atoms with Gasteiger partial charge in [0, 0.05) is 40.3 Å². The number of benzene rings is 1. The highest BCUT2D eigenvalue weighted by Gasteiger charge is 2.27. The average molecular weight is 410 g/mol. The van der Waals surface area contributed by atoms with Crippen LogP contribution in [-0.4, -0.2) is 77.9 Å². The Morgan fingerprint density at radius 2 is 1.45 bits per heavy atom. The van der Waals surface area contributed by atoms with Crippen molar-refractivity contribution in [2.24, 2.45) is 0 Å². The van der Waals surface area contributed by atoms with Crippen LogP contribution in [0.4, 0.5) is 0 Å². The van der Waals surface area contributed by atoms with Gasteiger partial charge in [-0.25, -0.2) is 14.4 Å². The highest BCUT2D eigenvalue weighted by atomic mass is 16.6. The number of carbonyl (C=O) groups is 3. The first kappa shape index (κ1) is 22.8. The molecule has 1 aliphatic rings. The molecule has 1 aromatic rings. The number of hydrogen-bond acceptors (Lipinski definition) is 9. The molecule has 1 fully saturated rings. The maximum atomic E-state index is 12.5. The molecule has 1 unspecified atom stereocenters. The molecule has 0 radical (unpaired) electrons. The van der Waals surface area contributed by atoms with Gasteiger partial charge in [-0.3, -0.25) is 0 Å². The summed E-state index contributed by atoms with van der Waals surface area (Å²) in [4.78, 5) is 37.1. The Labute approximate surface area is 169 Å². The normalized spacial score (nSPS) is 14.9. The van der Waals surface area contributed by atoms with Gasteiger partial charge in [0.05, 0.1) is 36.5 Å². The minimum absolute atomic E-state index is 0.0123. The molecule has 2 rings (SSSR count). The molecule has 0 aliphatic carbocycles. The second kappa shape index (κ2) is 12.2. The number of carbonyl (C=O) groups excluding carboxylic acids is 3. The summed E-state index contributed by atoms with van der Waals surface area (Å²) >= 11 is 0. The second-order valence-electron chi connectivity index (χ2n) is 6.28. The van der Waals surface area contributed by atoms with Crippen molar-refractivity contribution in [1.29, 1.82) is 0 Å². The zero-order valence-electron chi connectivity index (χ0n) is 16.6. The maximum Gasteiger partial charge on any atom is 0.339 e. The first-order chi connectivity index (χ1) is 14.1. The van der Waals surface area contributed by atoms with Gasteiger partial charge in [0.25, 0.3) is 0 Å². The van der Waals surface area contributed by atoms with Gasteiger partial charge < -0.3 is 28.4 Å². The molecule has 29 heavy (non-hydrogen) atoms. The lowest BCUT2D eigenvalue weighted by atomic mass is 10.0. The summed E-state index contributed by atoms with van der Waals surface area (Å²) in [5.41, 5.74) is 0.0853. The fraction of sp³-hybridized carbons (Fsp3) is 0.550. The zero-order valence-corrected chi connectivity index (χ0v) is 16.6. The minimum atomic E-state index is -0.732. The third kappa shape index (κ3) is 7.80.